The number of hydrogen-bond acceptors (Lipinski definition) is 5. The molecule has 0 aromatic heterocycles. The Labute approximate surface area is 235 Å². The standard InChI is InChI=1S/C33H52O6/c1-20-18-29(4,5)13-15-33(20,28(38)39-10)16-14-30(6,7)32(9)12-11-24-22(3)26(35)23(27(36)37)19-31(24,8)25(32)17-21(2)34/h17,20,22-24H,11-16,18-19H2,1-10H3,(H,36,37)/b25-17-/t20?,22-,23?,24-,31-,32+,33-/m0/s1. The average Bonchev–Trinajstić information content (AvgIpc) is 2.82. The predicted molar refractivity (Wildman–Crippen MR) is 152 cm³/mol. The van der Waals surface area contributed by atoms with Gasteiger partial charge in [0.1, 0.15) is 11.7 Å². The Morgan fingerprint density at radius 2 is 1.67 bits per heavy atom. The summed E-state index contributed by atoms with van der Waals surface area (Å²) in [5.41, 5.74) is -0.628. The minimum atomic E-state index is -1.07. The second-order valence-electron chi connectivity index (χ2n) is 15.2. The lowest BCUT2D eigenvalue weighted by Gasteiger charge is -2.61. The van der Waals surface area contributed by atoms with Gasteiger partial charge >= 0.3 is 11.9 Å². The third kappa shape index (κ3) is 5.26. The van der Waals surface area contributed by atoms with Crippen LogP contribution < -0.4 is 0 Å². The molecule has 3 fully saturated rings. The number of fused-ring (bicyclic) bond motifs is 1. The maximum atomic E-state index is 13.3. The van der Waals surface area contributed by atoms with E-state index in [0.29, 0.717) is 6.42 Å². The SMILES string of the molecule is COC(=O)[C@]1(CCC(C)(C)[C@]2(C)CC[C@H]3[C@H](C)C(=O)C(C(=O)O)C[C@]3(C)/C2=C/C(C)=O)CCC(C)(C)CC1C. The number of rotatable bonds is 7. The summed E-state index contributed by atoms with van der Waals surface area (Å²) >= 11 is 0. The number of ketones is 2. The molecule has 3 rings (SSSR count). The van der Waals surface area contributed by atoms with Crippen LogP contribution in [-0.2, 0) is 23.9 Å². The molecule has 3 saturated carbocycles. The molecule has 7 atom stereocenters. The number of hydrogen-bond donors (Lipinski definition) is 1. The molecule has 220 valence electrons. The van der Waals surface area contributed by atoms with Crippen LogP contribution in [-0.4, -0.2) is 35.7 Å². The molecule has 3 aliphatic carbocycles. The smallest absolute Gasteiger partial charge is 0.314 e. The highest BCUT2D eigenvalue weighted by Crippen LogP contribution is 2.67. The van der Waals surface area contributed by atoms with Gasteiger partial charge in [0, 0.05) is 5.92 Å². The first kappa shape index (κ1) is 31.5. The van der Waals surface area contributed by atoms with Gasteiger partial charge in [-0.05, 0) is 97.9 Å². The highest BCUT2D eigenvalue weighted by molar-refractivity contribution is 6.00. The van der Waals surface area contributed by atoms with Gasteiger partial charge in [0.25, 0.3) is 0 Å². The topological polar surface area (TPSA) is 97.7 Å². The van der Waals surface area contributed by atoms with Gasteiger partial charge in [0.05, 0.1) is 12.5 Å². The summed E-state index contributed by atoms with van der Waals surface area (Å²) in [5.74, 6) is -2.68. The van der Waals surface area contributed by atoms with E-state index in [2.05, 4.69) is 48.5 Å². The van der Waals surface area contributed by atoms with Crippen LogP contribution >= 0.6 is 0 Å². The summed E-state index contributed by atoms with van der Waals surface area (Å²) in [6.45, 7) is 18.9. The van der Waals surface area contributed by atoms with Crippen molar-refractivity contribution < 1.29 is 29.0 Å². The van der Waals surface area contributed by atoms with E-state index in [1.54, 1.807) is 13.0 Å². The van der Waals surface area contributed by atoms with E-state index in [1.807, 2.05) is 6.92 Å². The fourth-order valence-electron chi connectivity index (χ4n) is 9.00. The first-order chi connectivity index (χ1) is 17.8. The normalized spacial score (nSPS) is 39.6. The Hall–Kier alpha value is -1.98. The molecule has 6 nitrogen and oxygen atoms in total. The second-order valence-corrected chi connectivity index (χ2v) is 15.2. The fraction of sp³-hybridized carbons (Fsp3) is 0.818. The van der Waals surface area contributed by atoms with Crippen LogP contribution in [0, 0.1) is 50.7 Å². The second kappa shape index (κ2) is 10.4. The lowest BCUT2D eigenvalue weighted by atomic mass is 9.42. The van der Waals surface area contributed by atoms with Crippen molar-refractivity contribution in [2.75, 3.05) is 7.11 Å². The Kier molecular flexibility index (Phi) is 8.45. The largest absolute Gasteiger partial charge is 0.481 e. The molecule has 0 spiro atoms. The van der Waals surface area contributed by atoms with E-state index in [1.165, 1.54) is 7.11 Å². The summed E-state index contributed by atoms with van der Waals surface area (Å²) in [6.07, 6.45) is 7.81. The van der Waals surface area contributed by atoms with Gasteiger partial charge in [-0.1, -0.05) is 61.0 Å². The number of methoxy groups -OCH3 is 1. The van der Waals surface area contributed by atoms with Gasteiger partial charge in [0.15, 0.2) is 5.78 Å². The van der Waals surface area contributed by atoms with Crippen molar-refractivity contribution in [2.24, 2.45) is 50.7 Å². The first-order valence-electron chi connectivity index (χ1n) is 14.9. The van der Waals surface area contributed by atoms with E-state index in [-0.39, 0.29) is 52.5 Å². The number of esters is 1. The molecular formula is C33H52O6. The quantitative estimate of drug-likeness (QED) is 0.210. The van der Waals surface area contributed by atoms with Crippen molar-refractivity contribution in [1.82, 2.24) is 0 Å². The van der Waals surface area contributed by atoms with Gasteiger partial charge in [-0.15, -0.1) is 0 Å². The van der Waals surface area contributed by atoms with E-state index >= 15 is 0 Å². The predicted octanol–water partition coefficient (Wildman–Crippen LogP) is 7.05. The van der Waals surface area contributed by atoms with Crippen molar-refractivity contribution in [1.29, 1.82) is 0 Å². The molecule has 1 N–H and O–H groups in total. The molecule has 0 aromatic carbocycles. The van der Waals surface area contributed by atoms with Crippen LogP contribution in [0.25, 0.3) is 0 Å². The molecule has 0 heterocycles. The number of carbonyl (C=O) groups is 4. The van der Waals surface area contributed by atoms with E-state index in [0.717, 1.165) is 44.1 Å². The zero-order valence-electron chi connectivity index (χ0n) is 26.0. The zero-order chi connectivity index (χ0) is 29.8. The van der Waals surface area contributed by atoms with E-state index in [9.17, 15) is 24.3 Å². The summed E-state index contributed by atoms with van der Waals surface area (Å²) in [4.78, 5) is 51.2. The van der Waals surface area contributed by atoms with Gasteiger partial charge in [-0.2, -0.15) is 0 Å². The molecule has 0 bridgehead atoms. The summed E-state index contributed by atoms with van der Waals surface area (Å²) in [7, 11) is 1.49. The fourth-order valence-corrected chi connectivity index (χ4v) is 9.00. The van der Waals surface area contributed by atoms with Gasteiger partial charge in [-0.3, -0.25) is 19.2 Å². The Morgan fingerprint density at radius 1 is 1.05 bits per heavy atom. The lowest BCUT2D eigenvalue weighted by Crippen LogP contribution is -2.56. The minimum absolute atomic E-state index is 0.00270. The maximum absolute atomic E-state index is 13.3. The molecule has 0 radical (unpaired) electrons. The van der Waals surface area contributed by atoms with Crippen molar-refractivity contribution in [3.8, 4) is 0 Å². The van der Waals surface area contributed by atoms with Crippen molar-refractivity contribution >= 4 is 23.5 Å². The van der Waals surface area contributed by atoms with Crippen LogP contribution in [0.15, 0.2) is 11.6 Å². The Balaban J connectivity index is 2.03. The van der Waals surface area contributed by atoms with Crippen LogP contribution in [0.5, 0.6) is 0 Å². The summed E-state index contributed by atoms with van der Waals surface area (Å²) < 4.78 is 5.40. The van der Waals surface area contributed by atoms with Crippen LogP contribution in [0.1, 0.15) is 114 Å². The van der Waals surface area contributed by atoms with E-state index in [4.69, 9.17) is 4.74 Å². The molecule has 0 aliphatic heterocycles. The molecule has 39 heavy (non-hydrogen) atoms. The van der Waals surface area contributed by atoms with Crippen molar-refractivity contribution in [3.05, 3.63) is 11.6 Å². The molecule has 2 unspecified atom stereocenters. The molecule has 0 saturated heterocycles. The van der Waals surface area contributed by atoms with Gasteiger partial charge in [0.2, 0.25) is 0 Å². The molecule has 3 aliphatic rings. The Bertz CT molecular complexity index is 1050. The first-order valence-corrected chi connectivity index (χ1v) is 14.9. The highest BCUT2D eigenvalue weighted by Gasteiger charge is 2.61. The van der Waals surface area contributed by atoms with Crippen LogP contribution in [0.2, 0.25) is 0 Å². The average molecular weight is 545 g/mol. The minimum Gasteiger partial charge on any atom is -0.481 e. The van der Waals surface area contributed by atoms with Gasteiger partial charge < -0.3 is 9.84 Å². The third-order valence-electron chi connectivity index (χ3n) is 12.0. The molecular weight excluding hydrogens is 492 g/mol. The Morgan fingerprint density at radius 3 is 2.18 bits per heavy atom. The maximum Gasteiger partial charge on any atom is 0.314 e. The number of carbonyl (C=O) groups excluding carboxylic acids is 3. The van der Waals surface area contributed by atoms with Crippen molar-refractivity contribution in [3.63, 3.8) is 0 Å². The van der Waals surface area contributed by atoms with E-state index < -0.39 is 28.1 Å². The number of aliphatic carboxylic acids is 1. The third-order valence-corrected chi connectivity index (χ3v) is 12.0. The number of allylic oxidation sites excluding steroid dienone is 2. The number of carboxylic acid groups (broad SMARTS) is 1. The summed E-state index contributed by atoms with van der Waals surface area (Å²) in [5, 5.41) is 9.93. The molecule has 6 heteroatoms. The number of carboxylic acids is 1. The molecule has 0 aromatic rings. The van der Waals surface area contributed by atoms with Crippen molar-refractivity contribution in [2.45, 2.75) is 114 Å². The molecule has 0 amide bonds. The van der Waals surface area contributed by atoms with Crippen LogP contribution in [0.4, 0.5) is 0 Å². The monoisotopic (exact) mass is 544 g/mol. The lowest BCUT2D eigenvalue weighted by molar-refractivity contribution is -0.162. The highest BCUT2D eigenvalue weighted by atomic mass is 16.5. The zero-order valence-corrected chi connectivity index (χ0v) is 26.0. The van der Waals surface area contributed by atoms with Gasteiger partial charge in [-0.25, -0.2) is 0 Å². The number of Topliss-reactive ketones (excluding diaryl/α,β-unsaturated/α-hetero) is 1. The van der Waals surface area contributed by atoms with Crippen LogP contribution in [0.3, 0.4) is 0 Å². The number of ether oxygens (including phenoxy) is 1. The summed E-state index contributed by atoms with van der Waals surface area (Å²) in [6, 6.07) is 0.